The van der Waals surface area contributed by atoms with Crippen LogP contribution in [0.5, 0.6) is 0 Å². The third-order valence-corrected chi connectivity index (χ3v) is 1.61. The Morgan fingerprint density at radius 2 is 2.36 bits per heavy atom. The van der Waals surface area contributed by atoms with Gasteiger partial charge in [-0.3, -0.25) is 4.68 Å². The highest BCUT2D eigenvalue weighted by molar-refractivity contribution is 5.73. The number of nitrogens with zero attached hydrogens (tertiary/aromatic N) is 2. The molecule has 1 aromatic rings. The number of hydrogen-bond acceptors (Lipinski definition) is 2. The van der Waals surface area contributed by atoms with E-state index in [9.17, 15) is 4.79 Å². The highest BCUT2D eigenvalue weighted by Crippen LogP contribution is 1.82. The van der Waals surface area contributed by atoms with Gasteiger partial charge in [-0.05, 0) is 19.9 Å². The lowest BCUT2D eigenvalue weighted by molar-refractivity contribution is 0.238. The van der Waals surface area contributed by atoms with Crippen molar-refractivity contribution in [1.82, 2.24) is 20.4 Å². The zero-order chi connectivity index (χ0) is 10.4. The predicted octanol–water partition coefficient (Wildman–Crippen LogP) is 0.591. The van der Waals surface area contributed by atoms with E-state index in [0.29, 0.717) is 13.1 Å². The smallest absolute Gasteiger partial charge is 0.315 e. The molecule has 0 fully saturated rings. The van der Waals surface area contributed by atoms with E-state index in [1.54, 1.807) is 10.9 Å². The third-order valence-electron chi connectivity index (χ3n) is 1.61. The summed E-state index contributed by atoms with van der Waals surface area (Å²) < 4.78 is 1.77. The molecule has 2 N–H and O–H groups in total. The van der Waals surface area contributed by atoms with Crippen LogP contribution in [0.1, 0.15) is 13.8 Å². The van der Waals surface area contributed by atoms with Crippen LogP contribution in [-0.2, 0) is 6.54 Å². The van der Waals surface area contributed by atoms with E-state index in [0.717, 1.165) is 0 Å². The second kappa shape index (κ2) is 5.26. The van der Waals surface area contributed by atoms with Crippen molar-refractivity contribution >= 4 is 6.03 Å². The topological polar surface area (TPSA) is 59.0 Å². The summed E-state index contributed by atoms with van der Waals surface area (Å²) in [5.41, 5.74) is 0. The maximum atomic E-state index is 11.1. The molecule has 0 spiro atoms. The maximum Gasteiger partial charge on any atom is 0.315 e. The second-order valence-electron chi connectivity index (χ2n) is 3.32. The second-order valence-corrected chi connectivity index (χ2v) is 3.32. The van der Waals surface area contributed by atoms with Gasteiger partial charge in [0.15, 0.2) is 0 Å². The molecule has 5 nitrogen and oxygen atoms in total. The largest absolute Gasteiger partial charge is 0.336 e. The van der Waals surface area contributed by atoms with Crippen LogP contribution in [-0.4, -0.2) is 28.4 Å². The molecule has 5 heteroatoms. The number of urea groups is 1. The van der Waals surface area contributed by atoms with Crippen LogP contribution in [0, 0.1) is 0 Å². The summed E-state index contributed by atoms with van der Waals surface area (Å²) in [4.78, 5) is 11.1. The minimum absolute atomic E-state index is 0.132. The van der Waals surface area contributed by atoms with E-state index in [4.69, 9.17) is 0 Å². The first-order valence-electron chi connectivity index (χ1n) is 4.70. The molecule has 0 aliphatic heterocycles. The van der Waals surface area contributed by atoms with Crippen LogP contribution in [0.15, 0.2) is 18.5 Å². The van der Waals surface area contributed by atoms with E-state index in [-0.39, 0.29) is 12.1 Å². The summed E-state index contributed by atoms with van der Waals surface area (Å²) >= 11 is 0. The molecule has 78 valence electrons. The molecule has 0 radical (unpaired) electrons. The van der Waals surface area contributed by atoms with Crippen molar-refractivity contribution in [3.8, 4) is 0 Å². The third kappa shape index (κ3) is 3.93. The fraction of sp³-hybridized carbons (Fsp3) is 0.556. The Hall–Kier alpha value is -1.52. The molecule has 0 atom stereocenters. The molecule has 0 unspecified atom stereocenters. The van der Waals surface area contributed by atoms with Crippen LogP contribution in [0.4, 0.5) is 4.79 Å². The van der Waals surface area contributed by atoms with Crippen LogP contribution >= 0.6 is 0 Å². The van der Waals surface area contributed by atoms with Crippen LogP contribution in [0.2, 0.25) is 0 Å². The summed E-state index contributed by atoms with van der Waals surface area (Å²) in [5.74, 6) is 0. The maximum absolute atomic E-state index is 11.1. The Balaban J connectivity index is 2.12. The molecule has 1 aromatic heterocycles. The molecular formula is C9H16N4O. The van der Waals surface area contributed by atoms with Crippen LogP contribution in [0.3, 0.4) is 0 Å². The van der Waals surface area contributed by atoms with Crippen molar-refractivity contribution in [2.45, 2.75) is 26.4 Å². The van der Waals surface area contributed by atoms with E-state index in [1.807, 2.05) is 26.1 Å². The van der Waals surface area contributed by atoms with Crippen molar-refractivity contribution in [3.05, 3.63) is 18.5 Å². The van der Waals surface area contributed by atoms with Gasteiger partial charge in [-0.25, -0.2) is 4.79 Å². The molecule has 0 saturated carbocycles. The van der Waals surface area contributed by atoms with Gasteiger partial charge >= 0.3 is 6.03 Å². The van der Waals surface area contributed by atoms with Crippen molar-refractivity contribution < 1.29 is 4.79 Å². The Morgan fingerprint density at radius 1 is 1.57 bits per heavy atom. The summed E-state index contributed by atoms with van der Waals surface area (Å²) in [5, 5.41) is 9.50. The minimum atomic E-state index is -0.132. The average molecular weight is 196 g/mol. The standard InChI is InChI=1S/C9H16N4O/c1-8(2)12-9(14)10-5-7-13-6-3-4-11-13/h3-4,6,8H,5,7H2,1-2H3,(H2,10,12,14). The van der Waals surface area contributed by atoms with E-state index in [1.165, 1.54) is 0 Å². The fourth-order valence-corrected chi connectivity index (χ4v) is 1.03. The molecule has 0 aliphatic rings. The molecule has 1 heterocycles. The van der Waals surface area contributed by atoms with Gasteiger partial charge in [0.25, 0.3) is 0 Å². The van der Waals surface area contributed by atoms with Gasteiger partial charge in [-0.15, -0.1) is 0 Å². The van der Waals surface area contributed by atoms with Gasteiger partial charge in [-0.1, -0.05) is 0 Å². The predicted molar refractivity (Wildman–Crippen MR) is 53.9 cm³/mol. The first-order chi connectivity index (χ1) is 6.68. The lowest BCUT2D eigenvalue weighted by Crippen LogP contribution is -2.40. The molecule has 2 amide bonds. The first-order valence-corrected chi connectivity index (χ1v) is 4.70. The lowest BCUT2D eigenvalue weighted by atomic mass is 10.4. The van der Waals surface area contributed by atoms with Crippen molar-refractivity contribution in [3.63, 3.8) is 0 Å². The van der Waals surface area contributed by atoms with Gasteiger partial charge in [0.05, 0.1) is 6.54 Å². The molecular weight excluding hydrogens is 180 g/mol. The summed E-state index contributed by atoms with van der Waals surface area (Å²) in [6.07, 6.45) is 3.58. The molecule has 0 aromatic carbocycles. The minimum Gasteiger partial charge on any atom is -0.336 e. The van der Waals surface area contributed by atoms with Gasteiger partial charge < -0.3 is 10.6 Å². The highest BCUT2D eigenvalue weighted by Gasteiger charge is 2.00. The number of nitrogens with one attached hydrogen (secondary N) is 2. The van der Waals surface area contributed by atoms with Gasteiger partial charge in [0, 0.05) is 25.0 Å². The SMILES string of the molecule is CC(C)NC(=O)NCCn1cccn1. The lowest BCUT2D eigenvalue weighted by Gasteiger charge is -2.09. The number of carbonyl (C=O) groups is 1. The highest BCUT2D eigenvalue weighted by atomic mass is 16.2. The zero-order valence-electron chi connectivity index (χ0n) is 8.53. The molecule has 1 rings (SSSR count). The Kier molecular flexibility index (Phi) is 3.97. The van der Waals surface area contributed by atoms with Gasteiger partial charge in [-0.2, -0.15) is 5.10 Å². The molecule has 0 aliphatic carbocycles. The van der Waals surface area contributed by atoms with E-state index < -0.39 is 0 Å². The number of rotatable bonds is 4. The number of amides is 2. The normalized spacial score (nSPS) is 10.2. The van der Waals surface area contributed by atoms with Crippen LogP contribution < -0.4 is 10.6 Å². The quantitative estimate of drug-likeness (QED) is 0.740. The van der Waals surface area contributed by atoms with Crippen molar-refractivity contribution in [2.75, 3.05) is 6.54 Å². The van der Waals surface area contributed by atoms with Crippen molar-refractivity contribution in [2.24, 2.45) is 0 Å². The zero-order valence-corrected chi connectivity index (χ0v) is 8.53. The van der Waals surface area contributed by atoms with Gasteiger partial charge in [0.1, 0.15) is 0 Å². The monoisotopic (exact) mass is 196 g/mol. The van der Waals surface area contributed by atoms with E-state index >= 15 is 0 Å². The number of aromatic nitrogens is 2. The summed E-state index contributed by atoms with van der Waals surface area (Å²) in [6, 6.07) is 1.89. The first kappa shape index (κ1) is 10.6. The summed E-state index contributed by atoms with van der Waals surface area (Å²) in [6.45, 7) is 5.12. The van der Waals surface area contributed by atoms with Gasteiger partial charge in [0.2, 0.25) is 0 Å². The van der Waals surface area contributed by atoms with Crippen LogP contribution in [0.25, 0.3) is 0 Å². The molecule has 0 bridgehead atoms. The Labute approximate surface area is 83.5 Å². The molecule has 14 heavy (non-hydrogen) atoms. The van der Waals surface area contributed by atoms with Crippen molar-refractivity contribution in [1.29, 1.82) is 0 Å². The summed E-state index contributed by atoms with van der Waals surface area (Å²) in [7, 11) is 0. The van der Waals surface area contributed by atoms with E-state index in [2.05, 4.69) is 15.7 Å². The number of hydrogen-bond donors (Lipinski definition) is 2. The molecule has 0 saturated heterocycles. The Bertz CT molecular complexity index is 268. The number of carbonyl (C=O) groups excluding carboxylic acids is 1. The average Bonchev–Trinajstić information content (AvgIpc) is 2.55. The fourth-order valence-electron chi connectivity index (χ4n) is 1.03. The Morgan fingerprint density at radius 3 is 2.93 bits per heavy atom.